The Morgan fingerprint density at radius 3 is 2.50 bits per heavy atom. The molecule has 0 unspecified atom stereocenters. The summed E-state index contributed by atoms with van der Waals surface area (Å²) in [5, 5.41) is 15.1. The van der Waals surface area contributed by atoms with Gasteiger partial charge in [-0.2, -0.15) is 0 Å². The minimum Gasteiger partial charge on any atom is -0.445 e. The average molecular weight is 435 g/mol. The molecule has 0 aliphatic rings. The summed E-state index contributed by atoms with van der Waals surface area (Å²) in [7, 11) is 0. The number of ether oxygens (including phenoxy) is 1. The van der Waals surface area contributed by atoms with Gasteiger partial charge in [-0.05, 0) is 17.2 Å². The maximum absolute atomic E-state index is 12.1. The Morgan fingerprint density at radius 1 is 1.13 bits per heavy atom. The molecule has 0 bridgehead atoms. The minimum atomic E-state index is -1.17. The second-order valence-corrected chi connectivity index (χ2v) is 6.90. The summed E-state index contributed by atoms with van der Waals surface area (Å²) in [5.41, 5.74) is 6.82. The van der Waals surface area contributed by atoms with Gasteiger partial charge in [-0.3, -0.25) is 9.59 Å². The number of benzene rings is 1. The molecule has 0 radical (unpaired) electrons. The standard InChI is InChI=1S/C20H23ClN4O5/c21-17-7-6-14(10-23-17)8-16(19(22)28)25-18(27)9-15(26)11-24-20(29)30-12-13-4-2-1-3-5-13/h1-7,10,15-16,26H,8-9,11-12H2,(H2,22,28)(H,24,29)(H,25,27)/t15-,16-/m0/s1. The summed E-state index contributed by atoms with van der Waals surface area (Å²) in [5.74, 6) is -1.32. The molecule has 9 nitrogen and oxygen atoms in total. The van der Waals surface area contributed by atoms with E-state index in [2.05, 4.69) is 15.6 Å². The van der Waals surface area contributed by atoms with Crippen molar-refractivity contribution in [3.05, 3.63) is 64.9 Å². The van der Waals surface area contributed by atoms with Gasteiger partial charge < -0.3 is 26.2 Å². The highest BCUT2D eigenvalue weighted by Gasteiger charge is 2.21. The van der Waals surface area contributed by atoms with Crippen LogP contribution in [0.3, 0.4) is 0 Å². The van der Waals surface area contributed by atoms with Crippen molar-refractivity contribution in [2.24, 2.45) is 5.73 Å². The van der Waals surface area contributed by atoms with Crippen molar-refractivity contribution in [2.45, 2.75) is 31.6 Å². The van der Waals surface area contributed by atoms with Crippen molar-refractivity contribution >= 4 is 29.5 Å². The zero-order valence-corrected chi connectivity index (χ0v) is 16.8. The van der Waals surface area contributed by atoms with Crippen LogP contribution >= 0.6 is 11.6 Å². The van der Waals surface area contributed by atoms with Gasteiger partial charge >= 0.3 is 6.09 Å². The first-order chi connectivity index (χ1) is 14.3. The summed E-state index contributed by atoms with van der Waals surface area (Å²) in [6.45, 7) is -0.105. The number of carbonyl (C=O) groups is 3. The molecule has 2 rings (SSSR count). The molecule has 0 saturated heterocycles. The van der Waals surface area contributed by atoms with Crippen molar-refractivity contribution in [1.82, 2.24) is 15.6 Å². The van der Waals surface area contributed by atoms with Crippen LogP contribution in [0.2, 0.25) is 5.15 Å². The molecule has 30 heavy (non-hydrogen) atoms. The number of hydrogen-bond acceptors (Lipinski definition) is 6. The van der Waals surface area contributed by atoms with Crippen molar-refractivity contribution < 1.29 is 24.2 Å². The second-order valence-electron chi connectivity index (χ2n) is 6.52. The second kappa shape index (κ2) is 11.7. The highest BCUT2D eigenvalue weighted by Crippen LogP contribution is 2.08. The van der Waals surface area contributed by atoms with Gasteiger partial charge in [0.25, 0.3) is 0 Å². The number of rotatable bonds is 10. The number of alkyl carbamates (subject to hydrolysis) is 1. The van der Waals surface area contributed by atoms with E-state index >= 15 is 0 Å². The van der Waals surface area contributed by atoms with Crippen LogP contribution in [0.4, 0.5) is 4.79 Å². The molecule has 10 heteroatoms. The number of nitrogens with zero attached hydrogens (tertiary/aromatic N) is 1. The maximum Gasteiger partial charge on any atom is 0.407 e. The van der Waals surface area contributed by atoms with E-state index < -0.39 is 30.1 Å². The lowest BCUT2D eigenvalue weighted by Gasteiger charge is -2.17. The van der Waals surface area contributed by atoms with E-state index in [1.807, 2.05) is 30.3 Å². The number of aliphatic hydroxyl groups excluding tert-OH is 1. The lowest BCUT2D eigenvalue weighted by molar-refractivity contribution is -0.128. The van der Waals surface area contributed by atoms with E-state index in [0.29, 0.717) is 10.7 Å². The number of halogens is 1. The molecule has 1 heterocycles. The SMILES string of the molecule is NC(=O)[C@H](Cc1ccc(Cl)nc1)NC(=O)C[C@H](O)CNC(=O)OCc1ccccc1. The maximum atomic E-state index is 12.1. The number of aromatic nitrogens is 1. The Morgan fingerprint density at radius 2 is 1.87 bits per heavy atom. The van der Waals surface area contributed by atoms with Crippen LogP contribution in [0.5, 0.6) is 0 Å². The van der Waals surface area contributed by atoms with E-state index in [1.54, 1.807) is 12.1 Å². The van der Waals surface area contributed by atoms with Gasteiger partial charge in [0.1, 0.15) is 17.8 Å². The van der Waals surface area contributed by atoms with Gasteiger partial charge in [0, 0.05) is 19.2 Å². The quantitative estimate of drug-likeness (QED) is 0.409. The van der Waals surface area contributed by atoms with Crippen molar-refractivity contribution in [2.75, 3.05) is 6.54 Å². The molecule has 0 spiro atoms. The van der Waals surface area contributed by atoms with Gasteiger partial charge in [0.05, 0.1) is 12.5 Å². The lowest BCUT2D eigenvalue weighted by atomic mass is 10.1. The molecule has 0 aliphatic carbocycles. The van der Waals surface area contributed by atoms with Crippen LogP contribution in [0.1, 0.15) is 17.5 Å². The zero-order chi connectivity index (χ0) is 21.9. The van der Waals surface area contributed by atoms with Crippen LogP contribution in [0, 0.1) is 0 Å². The number of carbonyl (C=O) groups excluding carboxylic acids is 3. The molecule has 160 valence electrons. The molecule has 3 amide bonds. The number of pyridine rings is 1. The fraction of sp³-hybridized carbons (Fsp3) is 0.300. The summed E-state index contributed by atoms with van der Waals surface area (Å²) < 4.78 is 5.02. The van der Waals surface area contributed by atoms with Crippen molar-refractivity contribution in [3.63, 3.8) is 0 Å². The Bertz CT molecular complexity index is 848. The first kappa shape index (κ1) is 23.1. The fourth-order valence-corrected chi connectivity index (χ4v) is 2.61. The first-order valence-electron chi connectivity index (χ1n) is 9.15. The highest BCUT2D eigenvalue weighted by molar-refractivity contribution is 6.29. The topological polar surface area (TPSA) is 144 Å². The van der Waals surface area contributed by atoms with Crippen molar-refractivity contribution in [1.29, 1.82) is 0 Å². The molecular formula is C20H23ClN4O5. The number of aliphatic hydroxyl groups is 1. The third kappa shape index (κ3) is 8.46. The van der Waals surface area contributed by atoms with Gasteiger partial charge in [0.15, 0.2) is 0 Å². The summed E-state index contributed by atoms with van der Waals surface area (Å²) in [6.07, 6.45) is -0.611. The number of amides is 3. The van der Waals surface area contributed by atoms with E-state index in [9.17, 15) is 19.5 Å². The third-order valence-corrected chi connectivity index (χ3v) is 4.25. The van der Waals surface area contributed by atoms with Gasteiger partial charge in [-0.15, -0.1) is 0 Å². The molecule has 5 N–H and O–H groups in total. The van der Waals surface area contributed by atoms with E-state index in [0.717, 1.165) is 5.56 Å². The Labute approximate surface area is 178 Å². The molecule has 0 saturated carbocycles. The van der Waals surface area contributed by atoms with Crippen LogP contribution < -0.4 is 16.4 Å². The summed E-state index contributed by atoms with van der Waals surface area (Å²) in [6, 6.07) is 11.4. The van der Waals surface area contributed by atoms with Gasteiger partial charge in [-0.1, -0.05) is 48.0 Å². The summed E-state index contributed by atoms with van der Waals surface area (Å²) in [4.78, 5) is 39.3. The molecule has 2 atom stereocenters. The molecule has 1 aromatic carbocycles. The molecule has 2 aromatic rings. The Kier molecular flexibility index (Phi) is 9.04. The molecule has 0 aliphatic heterocycles. The van der Waals surface area contributed by atoms with Crippen LogP contribution in [0.15, 0.2) is 48.7 Å². The number of primary amides is 1. The normalized spacial score (nSPS) is 12.5. The van der Waals surface area contributed by atoms with Crippen LogP contribution in [0.25, 0.3) is 0 Å². The Hall–Kier alpha value is -3.17. The highest BCUT2D eigenvalue weighted by atomic mass is 35.5. The number of nitrogens with one attached hydrogen (secondary N) is 2. The number of hydrogen-bond donors (Lipinski definition) is 4. The van der Waals surface area contributed by atoms with Gasteiger partial charge in [-0.25, -0.2) is 9.78 Å². The molecule has 0 fully saturated rings. The smallest absolute Gasteiger partial charge is 0.407 e. The van der Waals surface area contributed by atoms with Crippen LogP contribution in [-0.4, -0.2) is 46.7 Å². The monoisotopic (exact) mass is 434 g/mol. The predicted octanol–water partition coefficient (Wildman–Crippen LogP) is 0.925. The van der Waals surface area contributed by atoms with Crippen LogP contribution in [-0.2, 0) is 27.4 Å². The number of nitrogens with two attached hydrogens (primary N) is 1. The van der Waals surface area contributed by atoms with E-state index in [4.69, 9.17) is 22.1 Å². The molecular weight excluding hydrogens is 412 g/mol. The fourth-order valence-electron chi connectivity index (χ4n) is 2.50. The van der Waals surface area contributed by atoms with E-state index in [-0.39, 0.29) is 26.0 Å². The zero-order valence-electron chi connectivity index (χ0n) is 16.1. The molecule has 1 aromatic heterocycles. The predicted molar refractivity (Wildman–Crippen MR) is 109 cm³/mol. The minimum absolute atomic E-state index is 0.0864. The van der Waals surface area contributed by atoms with E-state index in [1.165, 1.54) is 6.20 Å². The lowest BCUT2D eigenvalue weighted by Crippen LogP contribution is -2.47. The largest absolute Gasteiger partial charge is 0.445 e. The Balaban J connectivity index is 1.73. The summed E-state index contributed by atoms with van der Waals surface area (Å²) >= 11 is 5.72. The first-order valence-corrected chi connectivity index (χ1v) is 9.53. The average Bonchev–Trinajstić information content (AvgIpc) is 2.72. The van der Waals surface area contributed by atoms with Gasteiger partial charge in [0.2, 0.25) is 11.8 Å². The third-order valence-electron chi connectivity index (χ3n) is 4.02. The van der Waals surface area contributed by atoms with Crippen molar-refractivity contribution in [3.8, 4) is 0 Å².